The van der Waals surface area contributed by atoms with Gasteiger partial charge in [-0.15, -0.1) is 0 Å². The third kappa shape index (κ3) is 3.73. The zero-order valence-corrected chi connectivity index (χ0v) is 10.4. The van der Waals surface area contributed by atoms with Crippen LogP contribution in [0, 0.1) is 0 Å². The number of carbonyl (C=O) groups is 1. The molecule has 0 aromatic heterocycles. The van der Waals surface area contributed by atoms with Crippen LogP contribution in [0.4, 0.5) is 0 Å². The molecule has 1 unspecified atom stereocenters. The number of hydrogen-bond donors (Lipinski definition) is 2. The fourth-order valence-electron chi connectivity index (χ4n) is 2.33. The quantitative estimate of drug-likeness (QED) is 0.647. The van der Waals surface area contributed by atoms with Crippen molar-refractivity contribution in [3.63, 3.8) is 0 Å². The molecule has 1 fully saturated rings. The van der Waals surface area contributed by atoms with Gasteiger partial charge in [0.05, 0.1) is 0 Å². The minimum Gasteiger partial charge on any atom is -0.370 e. The van der Waals surface area contributed by atoms with E-state index in [2.05, 4.69) is 23.9 Å². The smallest absolute Gasteiger partial charge is 0.219 e. The van der Waals surface area contributed by atoms with Crippen LogP contribution in [0.1, 0.15) is 19.3 Å². The van der Waals surface area contributed by atoms with Gasteiger partial charge in [0.2, 0.25) is 5.91 Å². The number of hydrogen-bond acceptors (Lipinski definition) is 4. The summed E-state index contributed by atoms with van der Waals surface area (Å²) in [7, 11) is 4.19. The molecule has 0 spiro atoms. The molecule has 94 valence electrons. The van der Waals surface area contributed by atoms with Gasteiger partial charge < -0.3 is 16.4 Å². The molecule has 1 atom stereocenters. The van der Waals surface area contributed by atoms with E-state index in [0.29, 0.717) is 19.0 Å². The molecule has 4 N–H and O–H groups in total. The van der Waals surface area contributed by atoms with Crippen LogP contribution in [0.15, 0.2) is 0 Å². The molecular weight excluding hydrogens is 204 g/mol. The lowest BCUT2D eigenvalue weighted by Gasteiger charge is -2.38. The lowest BCUT2D eigenvalue weighted by Crippen LogP contribution is -2.49. The Kier molecular flexibility index (Phi) is 5.18. The van der Waals surface area contributed by atoms with E-state index < -0.39 is 0 Å². The van der Waals surface area contributed by atoms with Crippen LogP contribution in [0.25, 0.3) is 0 Å². The van der Waals surface area contributed by atoms with E-state index in [0.717, 1.165) is 25.9 Å². The summed E-state index contributed by atoms with van der Waals surface area (Å²) in [6, 6.07) is 0.620. The van der Waals surface area contributed by atoms with Crippen LogP contribution in [0.3, 0.4) is 0 Å². The average Bonchev–Trinajstić information content (AvgIpc) is 2.25. The molecule has 1 rings (SSSR count). The number of carbonyl (C=O) groups excluding carboxylic acids is 1. The first kappa shape index (κ1) is 13.4. The predicted octanol–water partition coefficient (Wildman–Crippen LogP) is -0.785. The number of amides is 1. The lowest BCUT2D eigenvalue weighted by molar-refractivity contribution is -0.119. The summed E-state index contributed by atoms with van der Waals surface area (Å²) < 4.78 is 0. The number of piperidine rings is 1. The standard InChI is InChI=1S/C11H24N4O/c1-14-5-3-9(4-6-14)15(2)10(8-12)7-11(13)16/h9-10H,3-8,12H2,1-2H3,(H2,13,16). The molecule has 0 aromatic rings. The maximum atomic E-state index is 10.9. The van der Waals surface area contributed by atoms with E-state index in [4.69, 9.17) is 11.5 Å². The first-order valence-electron chi connectivity index (χ1n) is 5.93. The van der Waals surface area contributed by atoms with Gasteiger partial charge in [0, 0.05) is 25.0 Å². The van der Waals surface area contributed by atoms with Crippen LogP contribution < -0.4 is 11.5 Å². The second-order valence-electron chi connectivity index (χ2n) is 4.76. The highest BCUT2D eigenvalue weighted by Gasteiger charge is 2.25. The van der Waals surface area contributed by atoms with E-state index in [1.54, 1.807) is 0 Å². The summed E-state index contributed by atoms with van der Waals surface area (Å²) in [5.41, 5.74) is 10.9. The maximum Gasteiger partial charge on any atom is 0.219 e. The van der Waals surface area contributed by atoms with Gasteiger partial charge in [-0.25, -0.2) is 0 Å². The van der Waals surface area contributed by atoms with Crippen molar-refractivity contribution in [1.29, 1.82) is 0 Å². The zero-order chi connectivity index (χ0) is 12.1. The Morgan fingerprint density at radius 2 is 2.06 bits per heavy atom. The second kappa shape index (κ2) is 6.18. The van der Waals surface area contributed by atoms with Gasteiger partial charge in [0.15, 0.2) is 0 Å². The Morgan fingerprint density at radius 1 is 1.50 bits per heavy atom. The van der Waals surface area contributed by atoms with Crippen molar-refractivity contribution in [2.24, 2.45) is 11.5 Å². The Morgan fingerprint density at radius 3 is 2.50 bits per heavy atom. The van der Waals surface area contributed by atoms with E-state index >= 15 is 0 Å². The summed E-state index contributed by atoms with van der Waals surface area (Å²) in [5.74, 6) is -0.268. The molecule has 1 heterocycles. The van der Waals surface area contributed by atoms with Crippen LogP contribution in [0.5, 0.6) is 0 Å². The van der Waals surface area contributed by atoms with E-state index in [-0.39, 0.29) is 11.9 Å². The third-order valence-electron chi connectivity index (χ3n) is 3.55. The summed E-state index contributed by atoms with van der Waals surface area (Å²) >= 11 is 0. The number of nitrogens with two attached hydrogens (primary N) is 2. The Labute approximate surface area is 97.7 Å². The van der Waals surface area contributed by atoms with Crippen LogP contribution in [0.2, 0.25) is 0 Å². The Bertz CT molecular complexity index is 226. The van der Waals surface area contributed by atoms with E-state index in [1.807, 2.05) is 0 Å². The predicted molar refractivity (Wildman–Crippen MR) is 64.9 cm³/mol. The molecule has 16 heavy (non-hydrogen) atoms. The van der Waals surface area contributed by atoms with Gasteiger partial charge >= 0.3 is 0 Å². The summed E-state index contributed by atoms with van der Waals surface area (Å²) in [6.45, 7) is 2.72. The highest BCUT2D eigenvalue weighted by atomic mass is 16.1. The van der Waals surface area contributed by atoms with Crippen molar-refractivity contribution in [1.82, 2.24) is 9.80 Å². The van der Waals surface area contributed by atoms with Crippen molar-refractivity contribution < 1.29 is 4.79 Å². The van der Waals surface area contributed by atoms with Gasteiger partial charge in [0.1, 0.15) is 0 Å². The fraction of sp³-hybridized carbons (Fsp3) is 0.909. The zero-order valence-electron chi connectivity index (χ0n) is 10.4. The molecule has 5 nitrogen and oxygen atoms in total. The molecule has 5 heteroatoms. The van der Waals surface area contributed by atoms with Gasteiger partial charge in [-0.05, 0) is 40.0 Å². The summed E-state index contributed by atoms with van der Waals surface area (Å²) in [6.07, 6.45) is 2.64. The summed E-state index contributed by atoms with van der Waals surface area (Å²) in [4.78, 5) is 15.5. The van der Waals surface area contributed by atoms with Gasteiger partial charge in [0.25, 0.3) is 0 Å². The van der Waals surface area contributed by atoms with Crippen molar-refractivity contribution in [2.45, 2.75) is 31.3 Å². The van der Waals surface area contributed by atoms with E-state index in [1.165, 1.54) is 0 Å². The SMILES string of the molecule is CN1CCC(N(C)C(CN)CC(N)=O)CC1. The molecule has 1 aliphatic heterocycles. The van der Waals surface area contributed by atoms with E-state index in [9.17, 15) is 4.79 Å². The van der Waals surface area contributed by atoms with Crippen molar-refractivity contribution >= 4 is 5.91 Å². The highest BCUT2D eigenvalue weighted by Crippen LogP contribution is 2.17. The minimum atomic E-state index is -0.268. The number of nitrogens with zero attached hydrogens (tertiary/aromatic N) is 2. The summed E-state index contributed by atoms with van der Waals surface area (Å²) in [5, 5.41) is 0. The second-order valence-corrected chi connectivity index (χ2v) is 4.76. The Balaban J connectivity index is 2.47. The highest BCUT2D eigenvalue weighted by molar-refractivity contribution is 5.74. The normalized spacial score (nSPS) is 21.2. The largest absolute Gasteiger partial charge is 0.370 e. The molecule has 0 saturated carbocycles. The maximum absolute atomic E-state index is 10.9. The van der Waals surface area contributed by atoms with Crippen LogP contribution >= 0.6 is 0 Å². The van der Waals surface area contributed by atoms with Gasteiger partial charge in [-0.2, -0.15) is 0 Å². The fourth-order valence-corrected chi connectivity index (χ4v) is 2.33. The topological polar surface area (TPSA) is 75.6 Å². The van der Waals surface area contributed by atoms with Crippen molar-refractivity contribution in [3.8, 4) is 0 Å². The first-order chi connectivity index (χ1) is 7.54. The monoisotopic (exact) mass is 228 g/mol. The minimum absolute atomic E-state index is 0.0888. The molecule has 0 bridgehead atoms. The number of primary amides is 1. The van der Waals surface area contributed by atoms with Crippen molar-refractivity contribution in [2.75, 3.05) is 33.7 Å². The molecule has 1 amide bonds. The number of likely N-dealkylation sites (N-methyl/N-ethyl adjacent to an activating group) is 1. The third-order valence-corrected chi connectivity index (χ3v) is 3.55. The van der Waals surface area contributed by atoms with Gasteiger partial charge in [-0.3, -0.25) is 9.69 Å². The van der Waals surface area contributed by atoms with Crippen LogP contribution in [-0.4, -0.2) is 61.5 Å². The van der Waals surface area contributed by atoms with Crippen molar-refractivity contribution in [3.05, 3.63) is 0 Å². The molecular formula is C11H24N4O. The van der Waals surface area contributed by atoms with Gasteiger partial charge in [-0.1, -0.05) is 0 Å². The number of rotatable bonds is 5. The first-order valence-corrected chi connectivity index (χ1v) is 5.93. The number of likely N-dealkylation sites (tertiary alicyclic amines) is 1. The Hall–Kier alpha value is -0.650. The molecule has 0 aromatic carbocycles. The molecule has 0 aliphatic carbocycles. The molecule has 0 radical (unpaired) electrons. The lowest BCUT2D eigenvalue weighted by atomic mass is 10.0. The molecule has 1 aliphatic rings. The van der Waals surface area contributed by atoms with Crippen LogP contribution in [-0.2, 0) is 4.79 Å². The molecule has 1 saturated heterocycles. The average molecular weight is 228 g/mol.